The van der Waals surface area contributed by atoms with Gasteiger partial charge in [-0.05, 0) is 20.8 Å². The molecular weight excluding hydrogens is 208 g/mol. The van der Waals surface area contributed by atoms with E-state index in [9.17, 15) is 9.59 Å². The highest BCUT2D eigenvalue weighted by atomic mass is 16.5. The van der Waals surface area contributed by atoms with Crippen LogP contribution in [0.1, 0.15) is 27.2 Å². The van der Waals surface area contributed by atoms with Crippen LogP contribution in [0.15, 0.2) is 0 Å². The van der Waals surface area contributed by atoms with Gasteiger partial charge in [0.2, 0.25) is 5.91 Å². The van der Waals surface area contributed by atoms with E-state index in [0.29, 0.717) is 19.5 Å². The van der Waals surface area contributed by atoms with Crippen LogP contribution in [0, 0.1) is 0 Å². The molecule has 0 aromatic carbocycles. The maximum absolute atomic E-state index is 11.3. The van der Waals surface area contributed by atoms with E-state index in [2.05, 4.69) is 10.1 Å². The Balaban J connectivity index is 4.04. The first kappa shape index (κ1) is 14.9. The molecule has 94 valence electrons. The van der Waals surface area contributed by atoms with Crippen molar-refractivity contribution in [2.75, 3.05) is 26.7 Å². The summed E-state index contributed by atoms with van der Waals surface area (Å²) in [7, 11) is 1.37. The van der Waals surface area contributed by atoms with Crippen molar-refractivity contribution in [3.05, 3.63) is 0 Å². The minimum atomic E-state index is -0.274. The number of nitrogens with one attached hydrogen (secondary N) is 1. The van der Waals surface area contributed by atoms with Gasteiger partial charge in [-0.3, -0.25) is 14.5 Å². The smallest absolute Gasteiger partial charge is 0.319 e. The molecule has 16 heavy (non-hydrogen) atoms. The fourth-order valence-corrected chi connectivity index (χ4v) is 1.28. The van der Waals surface area contributed by atoms with Crippen LogP contribution in [0.25, 0.3) is 0 Å². The first-order valence-corrected chi connectivity index (χ1v) is 5.58. The van der Waals surface area contributed by atoms with E-state index in [-0.39, 0.29) is 24.5 Å². The van der Waals surface area contributed by atoms with E-state index in [4.69, 9.17) is 0 Å². The third-order valence-electron chi connectivity index (χ3n) is 2.29. The quantitative estimate of drug-likeness (QED) is 0.643. The van der Waals surface area contributed by atoms with Gasteiger partial charge in [0, 0.05) is 25.6 Å². The minimum Gasteiger partial charge on any atom is -0.468 e. The summed E-state index contributed by atoms with van der Waals surface area (Å²) in [4.78, 5) is 24.3. The Morgan fingerprint density at radius 2 is 2.00 bits per heavy atom. The Kier molecular flexibility index (Phi) is 7.54. The van der Waals surface area contributed by atoms with E-state index in [0.717, 1.165) is 0 Å². The molecule has 0 saturated carbocycles. The number of amides is 1. The van der Waals surface area contributed by atoms with Crippen LogP contribution in [0.4, 0.5) is 0 Å². The van der Waals surface area contributed by atoms with Crippen molar-refractivity contribution < 1.29 is 14.3 Å². The summed E-state index contributed by atoms with van der Waals surface area (Å²) in [5, 5.41) is 2.73. The van der Waals surface area contributed by atoms with Gasteiger partial charge in [0.15, 0.2) is 0 Å². The van der Waals surface area contributed by atoms with Crippen molar-refractivity contribution >= 4 is 11.9 Å². The average molecular weight is 230 g/mol. The molecule has 0 aliphatic heterocycles. The van der Waals surface area contributed by atoms with Crippen molar-refractivity contribution in [1.29, 1.82) is 0 Å². The molecule has 0 fully saturated rings. The Hall–Kier alpha value is -1.10. The highest BCUT2D eigenvalue weighted by Crippen LogP contribution is 2.00. The normalized spacial score (nSPS) is 10.6. The summed E-state index contributed by atoms with van der Waals surface area (Å²) in [5.41, 5.74) is 0. The highest BCUT2D eigenvalue weighted by Gasteiger charge is 2.15. The van der Waals surface area contributed by atoms with Gasteiger partial charge < -0.3 is 10.1 Å². The molecule has 0 atom stereocenters. The van der Waals surface area contributed by atoms with Gasteiger partial charge in [0.05, 0.1) is 13.7 Å². The van der Waals surface area contributed by atoms with Crippen LogP contribution < -0.4 is 5.32 Å². The average Bonchev–Trinajstić information content (AvgIpc) is 2.23. The largest absolute Gasteiger partial charge is 0.468 e. The summed E-state index contributed by atoms with van der Waals surface area (Å²) in [6.07, 6.45) is 0.406. The lowest BCUT2D eigenvalue weighted by atomic mass is 10.2. The second-order valence-corrected chi connectivity index (χ2v) is 3.84. The number of methoxy groups -OCH3 is 1. The lowest BCUT2D eigenvalue weighted by Crippen LogP contribution is -2.39. The molecule has 0 spiro atoms. The summed E-state index contributed by atoms with van der Waals surface area (Å²) >= 11 is 0. The Labute approximate surface area is 97.1 Å². The van der Waals surface area contributed by atoms with Gasteiger partial charge in [0.1, 0.15) is 0 Å². The van der Waals surface area contributed by atoms with Crippen molar-refractivity contribution in [2.24, 2.45) is 0 Å². The molecule has 0 aliphatic rings. The molecule has 0 aromatic heterocycles. The van der Waals surface area contributed by atoms with Gasteiger partial charge >= 0.3 is 5.97 Å². The van der Waals surface area contributed by atoms with Crippen LogP contribution in [-0.2, 0) is 14.3 Å². The molecule has 1 amide bonds. The zero-order valence-corrected chi connectivity index (χ0v) is 10.6. The summed E-state index contributed by atoms with van der Waals surface area (Å²) in [6.45, 7) is 7.29. The molecule has 0 bridgehead atoms. The molecule has 0 unspecified atom stereocenters. The third-order valence-corrected chi connectivity index (χ3v) is 2.29. The molecule has 5 nitrogen and oxygen atoms in total. The first-order valence-electron chi connectivity index (χ1n) is 5.58. The number of ether oxygens (including phenoxy) is 1. The van der Waals surface area contributed by atoms with Crippen LogP contribution >= 0.6 is 0 Å². The van der Waals surface area contributed by atoms with Crippen LogP contribution in [0.3, 0.4) is 0 Å². The number of hydrogen-bond donors (Lipinski definition) is 1. The molecule has 0 aliphatic carbocycles. The van der Waals surface area contributed by atoms with Crippen molar-refractivity contribution in [1.82, 2.24) is 10.2 Å². The Morgan fingerprint density at radius 1 is 1.38 bits per heavy atom. The standard InChI is InChI=1S/C11H22N2O3/c1-5-12-10(14)6-7-13(9(2)3)8-11(15)16-4/h9H,5-8H2,1-4H3,(H,12,14). The fraction of sp³-hybridized carbons (Fsp3) is 0.818. The summed E-state index contributed by atoms with van der Waals surface area (Å²) in [6, 6.07) is 0.216. The molecule has 0 aromatic rings. The number of nitrogens with zero attached hydrogens (tertiary/aromatic N) is 1. The number of carbonyl (C=O) groups excluding carboxylic acids is 2. The monoisotopic (exact) mass is 230 g/mol. The van der Waals surface area contributed by atoms with Gasteiger partial charge in [-0.15, -0.1) is 0 Å². The van der Waals surface area contributed by atoms with Crippen LogP contribution in [-0.4, -0.2) is 49.6 Å². The molecule has 0 rings (SSSR count). The molecule has 0 radical (unpaired) electrons. The van der Waals surface area contributed by atoms with Gasteiger partial charge in [-0.25, -0.2) is 0 Å². The maximum atomic E-state index is 11.3. The van der Waals surface area contributed by atoms with Crippen molar-refractivity contribution in [3.63, 3.8) is 0 Å². The number of hydrogen-bond acceptors (Lipinski definition) is 4. The van der Waals surface area contributed by atoms with E-state index in [1.165, 1.54) is 7.11 Å². The minimum absolute atomic E-state index is 0.0121. The second-order valence-electron chi connectivity index (χ2n) is 3.84. The number of carbonyl (C=O) groups is 2. The molecule has 1 N–H and O–H groups in total. The SMILES string of the molecule is CCNC(=O)CCN(CC(=O)OC)C(C)C. The fourth-order valence-electron chi connectivity index (χ4n) is 1.28. The number of esters is 1. The zero-order valence-electron chi connectivity index (χ0n) is 10.6. The molecule has 5 heteroatoms. The number of rotatable bonds is 7. The van der Waals surface area contributed by atoms with E-state index in [1.54, 1.807) is 0 Å². The zero-order chi connectivity index (χ0) is 12.6. The first-order chi connectivity index (χ1) is 7.51. The molecule has 0 saturated heterocycles. The lowest BCUT2D eigenvalue weighted by Gasteiger charge is -2.24. The van der Waals surface area contributed by atoms with E-state index >= 15 is 0 Å². The van der Waals surface area contributed by atoms with Gasteiger partial charge in [0.25, 0.3) is 0 Å². The summed E-state index contributed by atoms with van der Waals surface area (Å²) in [5.74, 6) is -0.261. The van der Waals surface area contributed by atoms with E-state index in [1.807, 2.05) is 25.7 Å². The van der Waals surface area contributed by atoms with Crippen molar-refractivity contribution in [3.8, 4) is 0 Å². The second kappa shape index (κ2) is 8.10. The topological polar surface area (TPSA) is 58.6 Å². The molecule has 0 heterocycles. The third kappa shape index (κ3) is 6.40. The summed E-state index contributed by atoms with van der Waals surface area (Å²) < 4.78 is 4.60. The van der Waals surface area contributed by atoms with Crippen LogP contribution in [0.5, 0.6) is 0 Å². The van der Waals surface area contributed by atoms with Gasteiger partial charge in [-0.2, -0.15) is 0 Å². The van der Waals surface area contributed by atoms with E-state index < -0.39 is 0 Å². The van der Waals surface area contributed by atoms with Crippen LogP contribution in [0.2, 0.25) is 0 Å². The molecular formula is C11H22N2O3. The predicted octanol–water partition coefficient (Wildman–Crippen LogP) is 0.396. The Bertz CT molecular complexity index is 229. The predicted molar refractivity (Wildman–Crippen MR) is 62.0 cm³/mol. The maximum Gasteiger partial charge on any atom is 0.319 e. The lowest BCUT2D eigenvalue weighted by molar-refractivity contribution is -0.142. The van der Waals surface area contributed by atoms with Gasteiger partial charge in [-0.1, -0.05) is 0 Å². The Morgan fingerprint density at radius 3 is 2.44 bits per heavy atom. The van der Waals surface area contributed by atoms with Crippen molar-refractivity contribution in [2.45, 2.75) is 33.2 Å². The highest BCUT2D eigenvalue weighted by molar-refractivity contribution is 5.76.